The lowest BCUT2D eigenvalue weighted by molar-refractivity contribution is -0.116. The van der Waals surface area contributed by atoms with Crippen LogP contribution in [-0.2, 0) is 4.79 Å². The van der Waals surface area contributed by atoms with Gasteiger partial charge in [-0.25, -0.2) is 4.39 Å². The number of carbonyl (C=O) groups is 1. The number of nitrogens with zero attached hydrogens (tertiary/aromatic N) is 4. The van der Waals surface area contributed by atoms with Crippen LogP contribution in [0, 0.1) is 12.7 Å². The molecule has 0 aliphatic carbocycles. The number of anilines is 1. The Labute approximate surface area is 159 Å². The number of amides is 1. The van der Waals surface area contributed by atoms with Crippen molar-refractivity contribution in [3.63, 3.8) is 0 Å². The number of methoxy groups -OCH3 is 1. The molecule has 138 valence electrons. The van der Waals surface area contributed by atoms with Gasteiger partial charge in [0.1, 0.15) is 11.6 Å². The molecular weight excluding hydrogens is 373 g/mol. The molecule has 4 rings (SSSR count). The molecule has 1 aromatic carbocycles. The van der Waals surface area contributed by atoms with Crippen molar-refractivity contribution < 1.29 is 13.9 Å². The fourth-order valence-electron chi connectivity index (χ4n) is 3.34. The van der Waals surface area contributed by atoms with Crippen molar-refractivity contribution in [2.45, 2.75) is 19.3 Å². The summed E-state index contributed by atoms with van der Waals surface area (Å²) >= 11 is 6.25. The monoisotopic (exact) mass is 387 g/mol. The SMILES string of the molecule is COc1ccc(-n2nc(C)c3c2NC(=O)C[C@@H]3c2c(F)cccc2Cl)nn1. The van der Waals surface area contributed by atoms with E-state index in [0.29, 0.717) is 34.3 Å². The highest BCUT2D eigenvalue weighted by molar-refractivity contribution is 6.31. The van der Waals surface area contributed by atoms with Crippen LogP contribution in [0.1, 0.15) is 29.2 Å². The summed E-state index contributed by atoms with van der Waals surface area (Å²) in [7, 11) is 1.49. The van der Waals surface area contributed by atoms with Gasteiger partial charge in [0, 0.05) is 34.6 Å². The lowest BCUT2D eigenvalue weighted by Gasteiger charge is -2.25. The van der Waals surface area contributed by atoms with Crippen molar-refractivity contribution in [1.29, 1.82) is 0 Å². The largest absolute Gasteiger partial charge is 0.480 e. The molecular formula is C18H15ClFN5O2. The highest BCUT2D eigenvalue weighted by Gasteiger charge is 2.35. The molecule has 2 aromatic heterocycles. The summed E-state index contributed by atoms with van der Waals surface area (Å²) in [6, 6.07) is 7.79. The molecule has 0 unspecified atom stereocenters. The van der Waals surface area contributed by atoms with Gasteiger partial charge in [0.25, 0.3) is 0 Å². The van der Waals surface area contributed by atoms with Gasteiger partial charge in [0.05, 0.1) is 12.8 Å². The molecule has 0 saturated carbocycles. The predicted molar refractivity (Wildman–Crippen MR) is 96.9 cm³/mol. The Bertz CT molecular complexity index is 1010. The maximum atomic E-state index is 14.5. The van der Waals surface area contributed by atoms with Crippen LogP contribution in [0.15, 0.2) is 30.3 Å². The van der Waals surface area contributed by atoms with E-state index < -0.39 is 11.7 Å². The minimum atomic E-state index is -0.539. The minimum absolute atomic E-state index is 0.0779. The average molecular weight is 388 g/mol. The van der Waals surface area contributed by atoms with Crippen LogP contribution in [-0.4, -0.2) is 33.0 Å². The molecule has 1 N–H and O–H groups in total. The van der Waals surface area contributed by atoms with Gasteiger partial charge in [-0.15, -0.1) is 10.2 Å². The number of fused-ring (bicyclic) bond motifs is 1. The zero-order valence-electron chi connectivity index (χ0n) is 14.5. The number of carbonyl (C=O) groups excluding carboxylic acids is 1. The number of hydrogen-bond donors (Lipinski definition) is 1. The van der Waals surface area contributed by atoms with Gasteiger partial charge in [-0.05, 0) is 25.1 Å². The van der Waals surface area contributed by atoms with Gasteiger partial charge >= 0.3 is 0 Å². The zero-order chi connectivity index (χ0) is 19.1. The van der Waals surface area contributed by atoms with E-state index in [4.69, 9.17) is 16.3 Å². The van der Waals surface area contributed by atoms with E-state index in [9.17, 15) is 9.18 Å². The quantitative estimate of drug-likeness (QED) is 0.746. The third-order valence-electron chi connectivity index (χ3n) is 4.50. The summed E-state index contributed by atoms with van der Waals surface area (Å²) < 4.78 is 21.0. The molecule has 1 amide bonds. The first-order valence-electron chi connectivity index (χ1n) is 8.21. The molecule has 1 aliphatic heterocycles. The third kappa shape index (κ3) is 2.91. The van der Waals surface area contributed by atoms with Crippen LogP contribution < -0.4 is 10.1 Å². The fourth-order valence-corrected chi connectivity index (χ4v) is 3.63. The topological polar surface area (TPSA) is 81.9 Å². The Kier molecular flexibility index (Phi) is 4.27. The molecule has 0 fully saturated rings. The molecule has 27 heavy (non-hydrogen) atoms. The highest BCUT2D eigenvalue weighted by Crippen LogP contribution is 2.43. The molecule has 7 nitrogen and oxygen atoms in total. The van der Waals surface area contributed by atoms with E-state index in [-0.39, 0.29) is 17.4 Å². The van der Waals surface area contributed by atoms with E-state index in [1.165, 1.54) is 23.9 Å². The predicted octanol–water partition coefficient (Wildman–Crippen LogP) is 3.25. The fraction of sp³-hybridized carbons (Fsp3) is 0.222. The second-order valence-corrected chi connectivity index (χ2v) is 6.54. The van der Waals surface area contributed by atoms with Crippen LogP contribution in [0.5, 0.6) is 5.88 Å². The Balaban J connectivity index is 1.88. The molecule has 0 bridgehead atoms. The summed E-state index contributed by atoms with van der Waals surface area (Å²) in [6.45, 7) is 1.80. The van der Waals surface area contributed by atoms with Crippen LogP contribution in [0.25, 0.3) is 5.82 Å². The van der Waals surface area contributed by atoms with Gasteiger partial charge in [-0.3, -0.25) is 4.79 Å². The standard InChI is InChI=1S/C18H15ClFN5O2/c1-9-16-10(17-11(19)4-3-5-12(17)20)8-14(26)21-18(16)25(24-9)13-6-7-15(27-2)23-22-13/h3-7,10H,8H2,1-2H3,(H,21,26)/t10-/m0/s1. The average Bonchev–Trinajstić information content (AvgIpc) is 2.98. The molecule has 1 aliphatic rings. The first-order valence-corrected chi connectivity index (χ1v) is 8.58. The molecule has 0 saturated heterocycles. The van der Waals surface area contributed by atoms with Gasteiger partial charge in [0.15, 0.2) is 5.82 Å². The van der Waals surface area contributed by atoms with Crippen molar-refractivity contribution in [3.8, 4) is 11.7 Å². The normalized spacial score (nSPS) is 16.0. The number of aromatic nitrogens is 4. The smallest absolute Gasteiger partial charge is 0.233 e. The number of hydrogen-bond acceptors (Lipinski definition) is 5. The van der Waals surface area contributed by atoms with Crippen LogP contribution >= 0.6 is 11.6 Å². The Morgan fingerprint density at radius 3 is 2.74 bits per heavy atom. The summed E-state index contributed by atoms with van der Waals surface area (Å²) in [4.78, 5) is 12.4. The van der Waals surface area contributed by atoms with Crippen molar-refractivity contribution in [1.82, 2.24) is 20.0 Å². The first kappa shape index (κ1) is 17.4. The number of halogens is 2. The molecule has 1 atom stereocenters. The number of rotatable bonds is 3. The van der Waals surface area contributed by atoms with Gasteiger partial charge in [-0.2, -0.15) is 9.78 Å². The zero-order valence-corrected chi connectivity index (χ0v) is 15.3. The summed E-state index contributed by atoms with van der Waals surface area (Å²) in [6.07, 6.45) is 0.0779. The van der Waals surface area contributed by atoms with Crippen molar-refractivity contribution in [2.24, 2.45) is 0 Å². The summed E-state index contributed by atoms with van der Waals surface area (Å²) in [5.41, 5.74) is 1.64. The number of ether oxygens (including phenoxy) is 1. The van der Waals surface area contributed by atoms with Gasteiger partial charge in [0.2, 0.25) is 11.8 Å². The van der Waals surface area contributed by atoms with Gasteiger partial charge < -0.3 is 10.1 Å². The van der Waals surface area contributed by atoms with E-state index in [0.717, 1.165) is 0 Å². The second kappa shape index (κ2) is 6.62. The second-order valence-electron chi connectivity index (χ2n) is 6.13. The van der Waals surface area contributed by atoms with Crippen LogP contribution in [0.3, 0.4) is 0 Å². The van der Waals surface area contributed by atoms with E-state index in [1.807, 2.05) is 0 Å². The van der Waals surface area contributed by atoms with E-state index >= 15 is 0 Å². The maximum absolute atomic E-state index is 14.5. The number of aryl methyl sites for hydroxylation is 1. The Hall–Kier alpha value is -3.00. The van der Waals surface area contributed by atoms with Crippen molar-refractivity contribution >= 4 is 23.3 Å². The molecule has 3 aromatic rings. The van der Waals surface area contributed by atoms with Crippen molar-refractivity contribution in [3.05, 3.63) is 58.0 Å². The Morgan fingerprint density at radius 1 is 1.26 bits per heavy atom. The molecule has 9 heteroatoms. The van der Waals surface area contributed by atoms with Crippen LogP contribution in [0.2, 0.25) is 5.02 Å². The lowest BCUT2D eigenvalue weighted by atomic mass is 9.85. The number of nitrogens with one attached hydrogen (secondary N) is 1. The molecule has 3 heterocycles. The molecule has 0 radical (unpaired) electrons. The first-order chi connectivity index (χ1) is 13.0. The number of benzene rings is 1. The van der Waals surface area contributed by atoms with Crippen molar-refractivity contribution in [2.75, 3.05) is 12.4 Å². The van der Waals surface area contributed by atoms with E-state index in [1.54, 1.807) is 25.1 Å². The minimum Gasteiger partial charge on any atom is -0.480 e. The lowest BCUT2D eigenvalue weighted by Crippen LogP contribution is -2.25. The maximum Gasteiger partial charge on any atom is 0.233 e. The molecule has 0 spiro atoms. The third-order valence-corrected chi connectivity index (χ3v) is 4.83. The highest BCUT2D eigenvalue weighted by atomic mass is 35.5. The summed E-state index contributed by atoms with van der Waals surface area (Å²) in [5, 5.41) is 15.6. The van der Waals surface area contributed by atoms with E-state index in [2.05, 4.69) is 20.6 Å². The Morgan fingerprint density at radius 2 is 2.07 bits per heavy atom. The van der Waals surface area contributed by atoms with Crippen LogP contribution in [0.4, 0.5) is 10.2 Å². The summed E-state index contributed by atoms with van der Waals surface area (Å²) in [5.74, 6) is -0.0498. The van der Waals surface area contributed by atoms with Gasteiger partial charge in [-0.1, -0.05) is 17.7 Å².